The Hall–Kier alpha value is -2.74. The number of carbonyl (C=O) groups excluding carboxylic acids is 2. The number of piperidine rings is 1. The molecule has 2 aromatic rings. The molecule has 0 aliphatic carbocycles. The molecule has 9 heteroatoms. The number of aromatic nitrogens is 2. The van der Waals surface area contributed by atoms with Gasteiger partial charge in [0.15, 0.2) is 11.3 Å². The number of benzene rings is 1. The lowest BCUT2D eigenvalue weighted by atomic mass is 10.0. The molecular formula is C19H20ClFN4O3. The maximum absolute atomic E-state index is 14.6. The van der Waals surface area contributed by atoms with Crippen molar-refractivity contribution >= 4 is 23.4 Å². The first-order valence-electron chi connectivity index (χ1n) is 8.80. The van der Waals surface area contributed by atoms with Crippen molar-refractivity contribution < 1.29 is 18.7 Å². The summed E-state index contributed by atoms with van der Waals surface area (Å²) >= 11 is 5.71. The van der Waals surface area contributed by atoms with Crippen LogP contribution in [0, 0.1) is 6.92 Å². The first kappa shape index (κ1) is 20.0. The number of nitrogens with two attached hydrogens (primary N) is 1. The third-order valence-corrected chi connectivity index (χ3v) is 4.75. The van der Waals surface area contributed by atoms with E-state index in [1.165, 1.54) is 11.0 Å². The van der Waals surface area contributed by atoms with E-state index in [0.717, 1.165) is 11.1 Å². The molecule has 148 valence electrons. The zero-order chi connectivity index (χ0) is 20.3. The topological polar surface area (TPSA) is 98.4 Å². The molecule has 0 bridgehead atoms. The first-order valence-corrected chi connectivity index (χ1v) is 9.18. The van der Waals surface area contributed by atoms with E-state index in [1.54, 1.807) is 0 Å². The number of amides is 2. The third-order valence-electron chi connectivity index (χ3n) is 4.57. The highest BCUT2D eigenvalue weighted by Crippen LogP contribution is 2.24. The van der Waals surface area contributed by atoms with Crippen LogP contribution in [0.4, 0.5) is 4.39 Å². The molecule has 0 saturated carbocycles. The minimum absolute atomic E-state index is 0.0190. The number of likely N-dealkylation sites (tertiary alicyclic amines) is 1. The van der Waals surface area contributed by atoms with E-state index in [2.05, 4.69) is 10.2 Å². The van der Waals surface area contributed by atoms with E-state index in [-0.39, 0.29) is 41.9 Å². The standard InChI is InChI=1S/C19H20ClFN4O3/c1-11-2-4-12(5-3-11)8-17(26)25-7-6-15(14(21)10-25)28-19-13(18(22)27)9-16(20)23-24-19/h2-5,9,14-15H,6-8,10H2,1H3,(H2,22,27)/t14-,15+/m0/s1. The fourth-order valence-electron chi connectivity index (χ4n) is 3.00. The lowest BCUT2D eigenvalue weighted by Gasteiger charge is -2.34. The van der Waals surface area contributed by atoms with Crippen LogP contribution in [0.3, 0.4) is 0 Å². The minimum Gasteiger partial charge on any atom is -0.469 e. The van der Waals surface area contributed by atoms with E-state index in [0.29, 0.717) is 6.54 Å². The van der Waals surface area contributed by atoms with E-state index >= 15 is 0 Å². The Kier molecular flexibility index (Phi) is 6.08. The predicted molar refractivity (Wildman–Crippen MR) is 101 cm³/mol. The average molecular weight is 407 g/mol. The summed E-state index contributed by atoms with van der Waals surface area (Å²) in [5, 5.41) is 7.28. The molecule has 2 N–H and O–H groups in total. The first-order chi connectivity index (χ1) is 13.3. The van der Waals surface area contributed by atoms with E-state index in [9.17, 15) is 14.0 Å². The molecule has 2 amide bonds. The summed E-state index contributed by atoms with van der Waals surface area (Å²) in [5.74, 6) is -1.11. The molecule has 1 fully saturated rings. The zero-order valence-corrected chi connectivity index (χ0v) is 16.0. The van der Waals surface area contributed by atoms with Gasteiger partial charge in [0.05, 0.1) is 13.0 Å². The van der Waals surface area contributed by atoms with Crippen molar-refractivity contribution in [1.82, 2.24) is 15.1 Å². The van der Waals surface area contributed by atoms with Crippen LogP contribution in [0.5, 0.6) is 5.88 Å². The summed E-state index contributed by atoms with van der Waals surface area (Å²) in [6.45, 7) is 2.21. The molecule has 1 aliphatic rings. The van der Waals surface area contributed by atoms with Gasteiger partial charge in [-0.1, -0.05) is 41.4 Å². The fourth-order valence-corrected chi connectivity index (χ4v) is 3.15. The van der Waals surface area contributed by atoms with Gasteiger partial charge in [0.25, 0.3) is 5.91 Å². The van der Waals surface area contributed by atoms with Crippen molar-refractivity contribution in [1.29, 1.82) is 0 Å². The van der Waals surface area contributed by atoms with Gasteiger partial charge in [-0.05, 0) is 18.6 Å². The van der Waals surface area contributed by atoms with Gasteiger partial charge in [0.2, 0.25) is 11.8 Å². The van der Waals surface area contributed by atoms with Crippen LogP contribution in [0.25, 0.3) is 0 Å². The summed E-state index contributed by atoms with van der Waals surface area (Å²) in [6, 6.07) is 8.87. The summed E-state index contributed by atoms with van der Waals surface area (Å²) < 4.78 is 20.2. The number of rotatable bonds is 5. The Morgan fingerprint density at radius 1 is 1.32 bits per heavy atom. The second-order valence-corrected chi connectivity index (χ2v) is 7.10. The van der Waals surface area contributed by atoms with E-state index < -0.39 is 18.2 Å². The molecule has 1 aromatic carbocycles. The maximum Gasteiger partial charge on any atom is 0.254 e. The molecule has 28 heavy (non-hydrogen) atoms. The maximum atomic E-state index is 14.6. The highest BCUT2D eigenvalue weighted by atomic mass is 35.5. The SMILES string of the molecule is Cc1ccc(CC(=O)N2CC[C@@H](Oc3nnc(Cl)cc3C(N)=O)[C@@H](F)C2)cc1. The van der Waals surface area contributed by atoms with Crippen LogP contribution < -0.4 is 10.5 Å². The van der Waals surface area contributed by atoms with Crippen LogP contribution in [-0.4, -0.2) is 52.3 Å². The molecule has 0 spiro atoms. The normalized spacial score (nSPS) is 19.3. The fraction of sp³-hybridized carbons (Fsp3) is 0.368. The molecule has 0 radical (unpaired) electrons. The Bertz CT molecular complexity index is 878. The Balaban J connectivity index is 1.61. The monoisotopic (exact) mass is 406 g/mol. The summed E-state index contributed by atoms with van der Waals surface area (Å²) in [5.41, 5.74) is 7.20. The molecule has 1 aliphatic heterocycles. The van der Waals surface area contributed by atoms with Crippen LogP contribution in [-0.2, 0) is 11.2 Å². The van der Waals surface area contributed by atoms with Crippen molar-refractivity contribution in [2.45, 2.75) is 32.0 Å². The van der Waals surface area contributed by atoms with Crippen molar-refractivity contribution in [2.24, 2.45) is 5.73 Å². The van der Waals surface area contributed by atoms with Crippen molar-refractivity contribution in [2.75, 3.05) is 13.1 Å². The van der Waals surface area contributed by atoms with Gasteiger partial charge in [0, 0.05) is 13.0 Å². The van der Waals surface area contributed by atoms with Crippen molar-refractivity contribution in [3.05, 3.63) is 52.2 Å². The zero-order valence-electron chi connectivity index (χ0n) is 15.3. The summed E-state index contributed by atoms with van der Waals surface area (Å²) in [4.78, 5) is 25.4. The Morgan fingerprint density at radius 2 is 2.04 bits per heavy atom. The highest BCUT2D eigenvalue weighted by Gasteiger charge is 2.34. The quantitative estimate of drug-likeness (QED) is 0.819. The van der Waals surface area contributed by atoms with Gasteiger partial charge in [-0.15, -0.1) is 10.2 Å². The van der Waals surface area contributed by atoms with E-state index in [1.807, 2.05) is 31.2 Å². The molecule has 2 heterocycles. The second-order valence-electron chi connectivity index (χ2n) is 6.71. The van der Waals surface area contributed by atoms with Gasteiger partial charge in [-0.2, -0.15) is 0 Å². The molecule has 0 unspecified atom stereocenters. The molecular weight excluding hydrogens is 387 g/mol. The molecule has 3 rings (SSSR count). The number of primary amides is 1. The summed E-state index contributed by atoms with van der Waals surface area (Å²) in [7, 11) is 0. The lowest BCUT2D eigenvalue weighted by Crippen LogP contribution is -2.49. The van der Waals surface area contributed by atoms with Crippen LogP contribution >= 0.6 is 11.6 Å². The third kappa shape index (κ3) is 4.75. The minimum atomic E-state index is -1.44. The number of halogens is 2. The summed E-state index contributed by atoms with van der Waals surface area (Å²) in [6.07, 6.45) is -1.83. The molecule has 1 aromatic heterocycles. The molecule has 2 atom stereocenters. The number of alkyl halides is 1. The van der Waals surface area contributed by atoms with Crippen LogP contribution in [0.15, 0.2) is 30.3 Å². The molecule has 1 saturated heterocycles. The highest BCUT2D eigenvalue weighted by molar-refractivity contribution is 6.29. The van der Waals surface area contributed by atoms with Crippen LogP contribution in [0.1, 0.15) is 27.9 Å². The number of carbonyl (C=O) groups is 2. The van der Waals surface area contributed by atoms with Crippen molar-refractivity contribution in [3.63, 3.8) is 0 Å². The number of aryl methyl sites for hydroxylation is 1. The predicted octanol–water partition coefficient (Wildman–Crippen LogP) is 2.10. The number of ether oxygens (including phenoxy) is 1. The number of hydrogen-bond donors (Lipinski definition) is 1. The average Bonchev–Trinajstić information content (AvgIpc) is 2.66. The number of hydrogen-bond acceptors (Lipinski definition) is 5. The van der Waals surface area contributed by atoms with Gasteiger partial charge in [-0.25, -0.2) is 4.39 Å². The number of nitrogens with zero attached hydrogens (tertiary/aromatic N) is 3. The Labute approximate surface area is 166 Å². The second kappa shape index (κ2) is 8.52. The van der Waals surface area contributed by atoms with Gasteiger partial charge in [-0.3, -0.25) is 9.59 Å². The van der Waals surface area contributed by atoms with Gasteiger partial charge in [0.1, 0.15) is 11.7 Å². The van der Waals surface area contributed by atoms with Crippen LogP contribution in [0.2, 0.25) is 5.15 Å². The Morgan fingerprint density at radius 3 is 2.68 bits per heavy atom. The smallest absolute Gasteiger partial charge is 0.254 e. The van der Waals surface area contributed by atoms with Gasteiger partial charge < -0.3 is 15.4 Å². The van der Waals surface area contributed by atoms with Gasteiger partial charge >= 0.3 is 0 Å². The van der Waals surface area contributed by atoms with Crippen molar-refractivity contribution in [3.8, 4) is 5.88 Å². The van der Waals surface area contributed by atoms with E-state index in [4.69, 9.17) is 22.1 Å². The lowest BCUT2D eigenvalue weighted by molar-refractivity contribution is -0.134. The largest absolute Gasteiger partial charge is 0.469 e. The molecule has 7 nitrogen and oxygen atoms in total.